The first-order valence-corrected chi connectivity index (χ1v) is 13.4. The molecule has 1 aromatic carbocycles. The van der Waals surface area contributed by atoms with E-state index in [0.717, 1.165) is 36.8 Å². The largest absolute Gasteiger partial charge is 0.481 e. The average Bonchev–Trinajstić information content (AvgIpc) is 2.83. The van der Waals surface area contributed by atoms with E-state index in [2.05, 4.69) is 14.7 Å². The quantitative estimate of drug-likeness (QED) is 0.504. The van der Waals surface area contributed by atoms with E-state index in [1.165, 1.54) is 12.1 Å². The van der Waals surface area contributed by atoms with Crippen molar-refractivity contribution in [3.05, 3.63) is 65.2 Å². The van der Waals surface area contributed by atoms with E-state index in [1.807, 2.05) is 29.2 Å². The Balaban J connectivity index is 1.73. The highest BCUT2D eigenvalue weighted by atomic mass is 35.5. The van der Waals surface area contributed by atoms with Crippen molar-refractivity contribution in [3.63, 3.8) is 0 Å². The number of nitrogens with one attached hydrogen (secondary N) is 1. The van der Waals surface area contributed by atoms with Crippen LogP contribution in [0.1, 0.15) is 37.7 Å². The van der Waals surface area contributed by atoms with Gasteiger partial charge in [0.25, 0.3) is 10.0 Å². The molecule has 1 aliphatic rings. The smallest absolute Gasteiger partial charge is 0.303 e. The fourth-order valence-corrected chi connectivity index (χ4v) is 5.31. The number of aliphatic carboxylic acids is 1. The summed E-state index contributed by atoms with van der Waals surface area (Å²) in [5.41, 5.74) is 2.50. The van der Waals surface area contributed by atoms with Crippen LogP contribution in [0, 0.1) is 0 Å². The van der Waals surface area contributed by atoms with Crippen LogP contribution in [-0.4, -0.2) is 42.6 Å². The minimum atomic E-state index is -4.02. The molecule has 0 atom stereocenters. The number of halogens is 1. The van der Waals surface area contributed by atoms with Gasteiger partial charge in [-0.15, -0.1) is 0 Å². The van der Waals surface area contributed by atoms with Crippen molar-refractivity contribution in [2.45, 2.75) is 43.6 Å². The lowest BCUT2D eigenvalue weighted by Crippen LogP contribution is -2.28. The number of hydrogen-bond acceptors (Lipinski definition) is 6. The number of carbonyl (C=O) groups is 1. The van der Waals surface area contributed by atoms with Crippen LogP contribution in [-0.2, 0) is 21.2 Å². The van der Waals surface area contributed by atoms with Crippen molar-refractivity contribution in [1.29, 1.82) is 0 Å². The highest BCUT2D eigenvalue weighted by Gasteiger charge is 2.20. The van der Waals surface area contributed by atoms with E-state index in [4.69, 9.17) is 16.7 Å². The predicted octanol–water partition coefficient (Wildman–Crippen LogP) is 5.00. The Morgan fingerprint density at radius 2 is 1.86 bits per heavy atom. The molecule has 0 fully saturated rings. The molecule has 0 amide bonds. The second-order valence-corrected chi connectivity index (χ2v) is 10.5. The molecule has 1 aliphatic heterocycles. The summed E-state index contributed by atoms with van der Waals surface area (Å²) in [6.45, 7) is 1.12. The minimum absolute atomic E-state index is 0.0391. The molecule has 0 radical (unpaired) electrons. The summed E-state index contributed by atoms with van der Waals surface area (Å²) in [6, 6.07) is 15.8. The highest BCUT2D eigenvalue weighted by molar-refractivity contribution is 7.92. The molecule has 2 N–H and O–H groups in total. The first-order valence-electron chi connectivity index (χ1n) is 11.5. The number of benzene rings is 1. The lowest BCUT2D eigenvalue weighted by atomic mass is 9.98. The van der Waals surface area contributed by atoms with E-state index in [9.17, 15) is 13.2 Å². The van der Waals surface area contributed by atoms with Gasteiger partial charge >= 0.3 is 5.97 Å². The fourth-order valence-electron chi connectivity index (χ4n) is 4.13. The van der Waals surface area contributed by atoms with Gasteiger partial charge in [0, 0.05) is 25.1 Å². The molecule has 0 unspecified atom stereocenters. The summed E-state index contributed by atoms with van der Waals surface area (Å²) >= 11 is 6.47. The number of pyridine rings is 2. The molecular formula is C25H27ClN4O4S. The molecule has 0 saturated carbocycles. The molecule has 184 valence electrons. The van der Waals surface area contributed by atoms with Crippen molar-refractivity contribution in [1.82, 2.24) is 9.97 Å². The van der Waals surface area contributed by atoms with Crippen LogP contribution in [0.3, 0.4) is 0 Å². The number of aromatic nitrogens is 2. The molecule has 4 rings (SSSR count). The summed E-state index contributed by atoms with van der Waals surface area (Å²) in [5, 5.41) is 9.34. The number of carboxylic acid groups (broad SMARTS) is 1. The minimum Gasteiger partial charge on any atom is -0.481 e. The SMILES string of the molecule is O=C(O)CCCN1CCCCCc2ccccc2-c2nc(ccc2Cl)NS(=O)(=O)c2cccc1n2. The fraction of sp³-hybridized carbons (Fsp3) is 0.320. The van der Waals surface area contributed by atoms with Crippen molar-refractivity contribution < 1.29 is 18.3 Å². The molecule has 8 nitrogen and oxygen atoms in total. The number of nitrogens with zero attached hydrogens (tertiary/aromatic N) is 3. The maximum atomic E-state index is 13.2. The van der Waals surface area contributed by atoms with Crippen molar-refractivity contribution in [2.75, 3.05) is 22.7 Å². The van der Waals surface area contributed by atoms with Gasteiger partial charge in [-0.1, -0.05) is 48.4 Å². The Bertz CT molecular complexity index is 1320. The number of fused-ring (bicyclic) bond motifs is 6. The van der Waals surface area contributed by atoms with Gasteiger partial charge in [0.2, 0.25) is 0 Å². The van der Waals surface area contributed by atoms with E-state index >= 15 is 0 Å². The maximum Gasteiger partial charge on any atom is 0.303 e. The standard InChI is InChI=1S/C25H27ClN4O4S/c26-20-14-15-21-27-25(20)19-10-4-3-9-18(19)8-2-1-5-16-30(17-7-13-24(31)32)22-11-6-12-23(28-22)35(33,34)29-21/h3-4,6,9-12,14-15H,1-2,5,7-8,13,16-17H2,(H,27,29)(H,31,32). The van der Waals surface area contributed by atoms with Crippen molar-refractivity contribution in [3.8, 4) is 11.3 Å². The number of carboxylic acids is 1. The van der Waals surface area contributed by atoms with Crippen LogP contribution in [0.2, 0.25) is 5.02 Å². The zero-order chi connectivity index (χ0) is 24.8. The molecule has 10 heteroatoms. The molecule has 4 bridgehead atoms. The maximum absolute atomic E-state index is 13.2. The Labute approximate surface area is 210 Å². The van der Waals surface area contributed by atoms with Crippen LogP contribution in [0.25, 0.3) is 11.3 Å². The van der Waals surface area contributed by atoms with E-state index < -0.39 is 16.0 Å². The third-order valence-corrected chi connectivity index (χ3v) is 7.42. The van der Waals surface area contributed by atoms with Gasteiger partial charge in [-0.05, 0) is 55.5 Å². The van der Waals surface area contributed by atoms with E-state index in [-0.39, 0.29) is 17.3 Å². The van der Waals surface area contributed by atoms with Gasteiger partial charge in [-0.25, -0.2) is 9.97 Å². The number of rotatable bonds is 4. The van der Waals surface area contributed by atoms with Gasteiger partial charge in [0.05, 0.1) is 10.7 Å². The highest BCUT2D eigenvalue weighted by Crippen LogP contribution is 2.31. The summed E-state index contributed by atoms with van der Waals surface area (Å²) < 4.78 is 28.8. The normalized spacial score (nSPS) is 15.6. The zero-order valence-corrected chi connectivity index (χ0v) is 20.7. The summed E-state index contributed by atoms with van der Waals surface area (Å²) in [4.78, 5) is 21.9. The zero-order valence-electron chi connectivity index (χ0n) is 19.2. The van der Waals surface area contributed by atoms with Gasteiger partial charge < -0.3 is 10.0 Å². The third kappa shape index (κ3) is 6.29. The molecule has 3 aromatic rings. The molecule has 0 aliphatic carbocycles. The van der Waals surface area contributed by atoms with Gasteiger partial charge in [0.15, 0.2) is 5.03 Å². The third-order valence-electron chi connectivity index (χ3n) is 5.86. The second-order valence-electron chi connectivity index (χ2n) is 8.42. The Hall–Kier alpha value is -3.17. The van der Waals surface area contributed by atoms with Crippen LogP contribution in [0.5, 0.6) is 0 Å². The molecule has 0 saturated heterocycles. The number of sulfonamides is 1. The predicted molar refractivity (Wildman–Crippen MR) is 136 cm³/mol. The Morgan fingerprint density at radius 1 is 1.03 bits per heavy atom. The number of anilines is 2. The van der Waals surface area contributed by atoms with Crippen LogP contribution in [0.15, 0.2) is 59.6 Å². The van der Waals surface area contributed by atoms with Gasteiger partial charge in [0.1, 0.15) is 11.6 Å². The van der Waals surface area contributed by atoms with E-state index in [1.54, 1.807) is 18.2 Å². The van der Waals surface area contributed by atoms with Crippen LogP contribution in [0.4, 0.5) is 11.6 Å². The molecule has 3 heterocycles. The van der Waals surface area contributed by atoms with Gasteiger partial charge in [-0.3, -0.25) is 9.52 Å². The first-order chi connectivity index (χ1) is 16.8. The Kier molecular flexibility index (Phi) is 7.87. The lowest BCUT2D eigenvalue weighted by molar-refractivity contribution is -0.137. The monoisotopic (exact) mass is 514 g/mol. The van der Waals surface area contributed by atoms with E-state index in [0.29, 0.717) is 36.0 Å². The molecular weight excluding hydrogens is 488 g/mol. The Morgan fingerprint density at radius 3 is 2.69 bits per heavy atom. The van der Waals surface area contributed by atoms with Crippen molar-refractivity contribution in [2.24, 2.45) is 0 Å². The number of aryl methyl sites for hydroxylation is 1. The number of hydrogen-bond donors (Lipinski definition) is 2. The van der Waals surface area contributed by atoms with Crippen molar-refractivity contribution >= 4 is 39.2 Å². The topological polar surface area (TPSA) is 112 Å². The summed E-state index contributed by atoms with van der Waals surface area (Å²) in [5.74, 6) is -0.210. The molecule has 2 aromatic heterocycles. The first kappa shape index (κ1) is 24.9. The van der Waals surface area contributed by atoms with Crippen LogP contribution >= 0.6 is 11.6 Å². The average molecular weight is 515 g/mol. The van der Waals surface area contributed by atoms with Gasteiger partial charge in [-0.2, -0.15) is 8.42 Å². The second kappa shape index (κ2) is 11.0. The molecule has 0 spiro atoms. The summed E-state index contributed by atoms with van der Waals surface area (Å²) in [6.07, 6.45) is 4.08. The lowest BCUT2D eigenvalue weighted by Gasteiger charge is -2.24. The summed E-state index contributed by atoms with van der Waals surface area (Å²) in [7, 11) is -4.02. The van der Waals surface area contributed by atoms with Crippen LogP contribution < -0.4 is 9.62 Å². The molecule has 35 heavy (non-hydrogen) atoms.